The molecule has 3 aromatic heterocycles. The SMILES string of the molecule is Nc1c(Oc2cccc3cccnc23)ncnc1N(Cc1ccccc1)c1ccccn1. The van der Waals surface area contributed by atoms with Crippen molar-refractivity contribution in [3.05, 3.63) is 103 Å². The molecule has 5 aromatic rings. The number of benzene rings is 2. The molecular weight excluding hydrogens is 400 g/mol. The smallest absolute Gasteiger partial charge is 0.248 e. The van der Waals surface area contributed by atoms with Gasteiger partial charge in [0.15, 0.2) is 11.6 Å². The van der Waals surface area contributed by atoms with E-state index in [1.165, 1.54) is 6.33 Å². The molecule has 0 fully saturated rings. The first-order valence-electron chi connectivity index (χ1n) is 10.1. The number of para-hydroxylation sites is 1. The van der Waals surface area contributed by atoms with Gasteiger partial charge < -0.3 is 15.4 Å². The third kappa shape index (κ3) is 3.91. The van der Waals surface area contributed by atoms with E-state index in [-0.39, 0.29) is 5.88 Å². The molecule has 0 spiro atoms. The van der Waals surface area contributed by atoms with Gasteiger partial charge in [0.05, 0.1) is 6.54 Å². The van der Waals surface area contributed by atoms with Crippen LogP contribution in [0.15, 0.2) is 97.6 Å². The number of aromatic nitrogens is 4. The molecule has 0 unspecified atom stereocenters. The normalized spacial score (nSPS) is 10.8. The predicted molar refractivity (Wildman–Crippen MR) is 125 cm³/mol. The molecular formula is C25H20N6O. The fraction of sp³-hybridized carbons (Fsp3) is 0.0400. The van der Waals surface area contributed by atoms with Crippen molar-refractivity contribution in [3.63, 3.8) is 0 Å². The minimum Gasteiger partial charge on any atom is -0.435 e. The lowest BCUT2D eigenvalue weighted by Crippen LogP contribution is -2.20. The van der Waals surface area contributed by atoms with Crippen molar-refractivity contribution < 1.29 is 4.74 Å². The van der Waals surface area contributed by atoms with Crippen LogP contribution in [0.5, 0.6) is 11.6 Å². The molecule has 2 aromatic carbocycles. The van der Waals surface area contributed by atoms with Gasteiger partial charge in [-0.15, -0.1) is 0 Å². The molecule has 32 heavy (non-hydrogen) atoms. The first-order valence-corrected chi connectivity index (χ1v) is 10.1. The minimum atomic E-state index is 0.266. The monoisotopic (exact) mass is 420 g/mol. The number of hydrogen-bond donors (Lipinski definition) is 1. The standard InChI is InChI=1S/C25H20N6O/c26-22-24(31(21-13-4-5-14-27-21)16-18-8-2-1-3-9-18)29-17-30-25(22)32-20-12-6-10-19-11-7-15-28-23(19)20/h1-15,17H,16,26H2. The summed E-state index contributed by atoms with van der Waals surface area (Å²) in [6.07, 6.45) is 4.91. The van der Waals surface area contributed by atoms with Crippen molar-refractivity contribution in [1.82, 2.24) is 19.9 Å². The second-order valence-corrected chi connectivity index (χ2v) is 7.11. The fourth-order valence-corrected chi connectivity index (χ4v) is 3.47. The van der Waals surface area contributed by atoms with Gasteiger partial charge in [0.25, 0.3) is 0 Å². The number of hydrogen-bond acceptors (Lipinski definition) is 7. The molecule has 0 aliphatic heterocycles. The zero-order valence-electron chi connectivity index (χ0n) is 17.2. The number of nitrogens with zero attached hydrogens (tertiary/aromatic N) is 5. The summed E-state index contributed by atoms with van der Waals surface area (Å²) in [6, 6.07) is 25.4. The number of nitrogen functional groups attached to an aromatic ring is 1. The first-order chi connectivity index (χ1) is 15.8. The molecule has 0 amide bonds. The summed E-state index contributed by atoms with van der Waals surface area (Å²) >= 11 is 0. The summed E-state index contributed by atoms with van der Waals surface area (Å²) in [5.41, 5.74) is 8.68. The highest BCUT2D eigenvalue weighted by Crippen LogP contribution is 2.36. The molecule has 0 saturated carbocycles. The Labute approximate surface area is 185 Å². The molecule has 2 N–H and O–H groups in total. The van der Waals surface area contributed by atoms with Crippen LogP contribution in [0.3, 0.4) is 0 Å². The van der Waals surface area contributed by atoms with E-state index >= 15 is 0 Å². The van der Waals surface area contributed by atoms with Crippen LogP contribution < -0.4 is 15.4 Å². The molecule has 0 bridgehead atoms. The Hall–Kier alpha value is -4.52. The lowest BCUT2D eigenvalue weighted by molar-refractivity contribution is 0.468. The van der Waals surface area contributed by atoms with Crippen molar-refractivity contribution >= 4 is 28.2 Å². The summed E-state index contributed by atoms with van der Waals surface area (Å²) in [7, 11) is 0. The van der Waals surface area contributed by atoms with Crippen LogP contribution in [0.25, 0.3) is 10.9 Å². The Bertz CT molecular complexity index is 1340. The third-order valence-electron chi connectivity index (χ3n) is 4.99. The molecule has 5 rings (SSSR count). The number of nitrogens with two attached hydrogens (primary N) is 1. The highest BCUT2D eigenvalue weighted by Gasteiger charge is 2.20. The second-order valence-electron chi connectivity index (χ2n) is 7.11. The van der Waals surface area contributed by atoms with Gasteiger partial charge >= 0.3 is 0 Å². The van der Waals surface area contributed by atoms with Crippen LogP contribution in [0.2, 0.25) is 0 Å². The highest BCUT2D eigenvalue weighted by molar-refractivity contribution is 5.85. The van der Waals surface area contributed by atoms with Gasteiger partial charge in [-0.3, -0.25) is 4.98 Å². The summed E-state index contributed by atoms with van der Waals surface area (Å²) in [6.45, 7) is 0.536. The van der Waals surface area contributed by atoms with Gasteiger partial charge in [-0.05, 0) is 29.8 Å². The Morgan fingerprint density at radius 3 is 2.41 bits per heavy atom. The molecule has 0 atom stereocenters. The van der Waals surface area contributed by atoms with Crippen LogP contribution in [-0.4, -0.2) is 19.9 Å². The molecule has 7 heteroatoms. The van der Waals surface area contributed by atoms with Gasteiger partial charge in [0, 0.05) is 17.8 Å². The number of pyridine rings is 2. The Morgan fingerprint density at radius 2 is 1.56 bits per heavy atom. The minimum absolute atomic E-state index is 0.266. The Morgan fingerprint density at radius 1 is 0.750 bits per heavy atom. The van der Waals surface area contributed by atoms with E-state index in [1.54, 1.807) is 12.4 Å². The molecule has 3 heterocycles. The largest absolute Gasteiger partial charge is 0.435 e. The molecule has 0 aliphatic rings. The average molecular weight is 420 g/mol. The maximum Gasteiger partial charge on any atom is 0.248 e. The molecule has 0 radical (unpaired) electrons. The van der Waals surface area contributed by atoms with Crippen LogP contribution >= 0.6 is 0 Å². The van der Waals surface area contributed by atoms with E-state index in [9.17, 15) is 0 Å². The Balaban J connectivity index is 1.55. The van der Waals surface area contributed by atoms with Crippen molar-refractivity contribution in [1.29, 1.82) is 0 Å². The lowest BCUT2D eigenvalue weighted by atomic mass is 10.2. The molecule has 0 aliphatic carbocycles. The van der Waals surface area contributed by atoms with Gasteiger partial charge in [-0.2, -0.15) is 4.98 Å². The molecule has 0 saturated heterocycles. The topological polar surface area (TPSA) is 90.0 Å². The van der Waals surface area contributed by atoms with Crippen molar-refractivity contribution in [2.75, 3.05) is 10.6 Å². The maximum atomic E-state index is 6.53. The molecule has 7 nitrogen and oxygen atoms in total. The Kier molecular flexibility index (Phi) is 5.28. The van der Waals surface area contributed by atoms with Crippen LogP contribution in [-0.2, 0) is 6.54 Å². The third-order valence-corrected chi connectivity index (χ3v) is 4.99. The van der Waals surface area contributed by atoms with Crippen molar-refractivity contribution in [2.45, 2.75) is 6.54 Å². The van der Waals surface area contributed by atoms with Gasteiger partial charge in [0.1, 0.15) is 23.3 Å². The summed E-state index contributed by atoms with van der Waals surface area (Å²) < 4.78 is 6.11. The summed E-state index contributed by atoms with van der Waals surface area (Å²) in [5, 5.41) is 0.969. The maximum absolute atomic E-state index is 6.53. The first kappa shape index (κ1) is 19.4. The van der Waals surface area contributed by atoms with E-state index in [0.717, 1.165) is 22.3 Å². The quantitative estimate of drug-likeness (QED) is 0.407. The van der Waals surface area contributed by atoms with E-state index in [0.29, 0.717) is 23.8 Å². The lowest BCUT2D eigenvalue weighted by Gasteiger charge is -2.24. The van der Waals surface area contributed by atoms with E-state index in [1.807, 2.05) is 83.8 Å². The predicted octanol–water partition coefficient (Wildman–Crippen LogP) is 5.13. The van der Waals surface area contributed by atoms with E-state index in [2.05, 4.69) is 19.9 Å². The average Bonchev–Trinajstić information content (AvgIpc) is 2.85. The van der Waals surface area contributed by atoms with E-state index in [4.69, 9.17) is 10.5 Å². The zero-order valence-corrected chi connectivity index (χ0v) is 17.2. The fourth-order valence-electron chi connectivity index (χ4n) is 3.47. The number of rotatable bonds is 6. The summed E-state index contributed by atoms with van der Waals surface area (Å²) in [5.74, 6) is 2.08. The second kappa shape index (κ2) is 8.69. The van der Waals surface area contributed by atoms with Crippen LogP contribution in [0.4, 0.5) is 17.3 Å². The van der Waals surface area contributed by atoms with Crippen molar-refractivity contribution in [3.8, 4) is 11.6 Å². The van der Waals surface area contributed by atoms with Gasteiger partial charge in [-0.25, -0.2) is 9.97 Å². The van der Waals surface area contributed by atoms with Gasteiger partial charge in [0.2, 0.25) is 5.88 Å². The van der Waals surface area contributed by atoms with Crippen molar-refractivity contribution in [2.24, 2.45) is 0 Å². The number of fused-ring (bicyclic) bond motifs is 1. The van der Waals surface area contributed by atoms with Crippen LogP contribution in [0.1, 0.15) is 5.56 Å². The number of anilines is 3. The zero-order chi connectivity index (χ0) is 21.8. The molecule has 156 valence electrons. The van der Waals surface area contributed by atoms with E-state index < -0.39 is 0 Å². The van der Waals surface area contributed by atoms with Gasteiger partial charge in [-0.1, -0.05) is 54.6 Å². The summed E-state index contributed by atoms with van der Waals surface area (Å²) in [4.78, 5) is 19.7. The van der Waals surface area contributed by atoms with Crippen LogP contribution in [0, 0.1) is 0 Å². The number of ether oxygens (including phenoxy) is 1. The highest BCUT2D eigenvalue weighted by atomic mass is 16.5.